The van der Waals surface area contributed by atoms with Gasteiger partial charge < -0.3 is 9.47 Å². The summed E-state index contributed by atoms with van der Waals surface area (Å²) in [6.07, 6.45) is 1.32. The third-order valence-corrected chi connectivity index (χ3v) is 2.21. The van der Waals surface area contributed by atoms with Gasteiger partial charge in [0.2, 0.25) is 6.79 Å². The van der Waals surface area contributed by atoms with Crippen molar-refractivity contribution in [1.29, 1.82) is 0 Å². The van der Waals surface area contributed by atoms with Crippen molar-refractivity contribution >= 4 is 5.78 Å². The molecule has 0 N–H and O–H groups in total. The number of ketones is 1. The summed E-state index contributed by atoms with van der Waals surface area (Å²) in [5.74, 6) is 0.781. The van der Waals surface area contributed by atoms with E-state index in [2.05, 4.69) is 6.58 Å². The van der Waals surface area contributed by atoms with Crippen molar-refractivity contribution in [3.05, 3.63) is 42.7 Å². The van der Waals surface area contributed by atoms with Crippen LogP contribution in [0.1, 0.15) is 46.0 Å². The fourth-order valence-electron chi connectivity index (χ4n) is 1.29. The maximum Gasteiger partial charge on any atom is 0.229 e. The summed E-state index contributed by atoms with van der Waals surface area (Å²) in [4.78, 5) is 12.0. The largest absolute Gasteiger partial charge is 0.466 e. The summed E-state index contributed by atoms with van der Waals surface area (Å²) in [6, 6.07) is 7.03. The molecule has 108 valence electrons. The summed E-state index contributed by atoms with van der Waals surface area (Å²) in [5.41, 5.74) is 0.323. The van der Waals surface area contributed by atoms with Gasteiger partial charge in [0.05, 0.1) is 6.26 Å². The zero-order chi connectivity index (χ0) is 12.9. The lowest BCUT2D eigenvalue weighted by Crippen LogP contribution is -2.19. The van der Waals surface area contributed by atoms with Crippen LogP contribution >= 0.6 is 0 Å². The molecule has 0 fully saturated rings. The molecule has 0 amide bonds. The molecule has 1 aromatic carbocycles. The summed E-state index contributed by atoms with van der Waals surface area (Å²) in [6.45, 7) is 9.23. The lowest BCUT2D eigenvalue weighted by molar-refractivity contribution is 0.0806. The first-order valence-corrected chi connectivity index (χ1v) is 5.45. The topological polar surface area (TPSA) is 35.5 Å². The highest BCUT2D eigenvalue weighted by Gasteiger charge is 2.22. The molecule has 0 saturated heterocycles. The maximum atomic E-state index is 12.0. The van der Waals surface area contributed by atoms with E-state index in [1.807, 2.05) is 20.8 Å². The average molecular weight is 266 g/mol. The minimum Gasteiger partial charge on any atom is -0.466 e. The van der Waals surface area contributed by atoms with Gasteiger partial charge in [-0.05, 0) is 24.3 Å². The monoisotopic (exact) mass is 266 g/mol. The van der Waals surface area contributed by atoms with Crippen LogP contribution in [-0.4, -0.2) is 12.6 Å². The van der Waals surface area contributed by atoms with Crippen LogP contribution < -0.4 is 4.74 Å². The molecule has 0 heterocycles. The molecule has 0 aliphatic carbocycles. The predicted octanol–water partition coefficient (Wildman–Crippen LogP) is 4.68. The fraction of sp³-hybridized carbons (Fsp3) is 0.438. The Hall–Kier alpha value is -1.77. The van der Waals surface area contributed by atoms with Gasteiger partial charge in [-0.3, -0.25) is 4.79 Å². The van der Waals surface area contributed by atoms with E-state index in [0.717, 1.165) is 0 Å². The second-order valence-corrected chi connectivity index (χ2v) is 4.70. The van der Waals surface area contributed by atoms with E-state index in [0.29, 0.717) is 11.3 Å². The molecule has 3 nitrogen and oxygen atoms in total. The number of hydrogen-bond acceptors (Lipinski definition) is 3. The van der Waals surface area contributed by atoms with Crippen molar-refractivity contribution in [2.24, 2.45) is 5.41 Å². The van der Waals surface area contributed by atoms with E-state index in [-0.39, 0.29) is 32.8 Å². The molecule has 0 aromatic heterocycles. The van der Waals surface area contributed by atoms with Crippen molar-refractivity contribution in [3.8, 4) is 5.75 Å². The molecular weight excluding hydrogens is 240 g/mol. The minimum atomic E-state index is -0.367. The minimum absolute atomic E-state index is 0. The Labute approximate surface area is 117 Å². The van der Waals surface area contributed by atoms with Crippen LogP contribution in [0.3, 0.4) is 0 Å². The Morgan fingerprint density at radius 3 is 2.16 bits per heavy atom. The Morgan fingerprint density at radius 1 is 1.21 bits per heavy atom. The van der Waals surface area contributed by atoms with Gasteiger partial charge in [0.1, 0.15) is 5.75 Å². The standard InChI is InChI=1S/C14H18O3.2CH4/c1-5-16-10-17-12-8-6-11(7-9-12)13(15)14(2,3)4;;/h5-9H,1,10H2,2-4H3;2*1H4. The summed E-state index contributed by atoms with van der Waals surface area (Å²) >= 11 is 0. The van der Waals surface area contributed by atoms with Crippen LogP contribution in [0.2, 0.25) is 0 Å². The van der Waals surface area contributed by atoms with Gasteiger partial charge in [-0.15, -0.1) is 0 Å². The molecule has 1 aromatic rings. The first kappa shape index (κ1) is 19.6. The highest BCUT2D eigenvalue weighted by atomic mass is 16.7. The first-order valence-electron chi connectivity index (χ1n) is 5.45. The molecular formula is C16H26O3. The van der Waals surface area contributed by atoms with E-state index in [9.17, 15) is 4.79 Å². The second-order valence-electron chi connectivity index (χ2n) is 4.70. The molecule has 0 aliphatic rings. The number of hydrogen-bond donors (Lipinski definition) is 0. The number of carbonyl (C=O) groups is 1. The van der Waals surface area contributed by atoms with E-state index in [4.69, 9.17) is 9.47 Å². The molecule has 0 atom stereocenters. The maximum absolute atomic E-state index is 12.0. The Balaban J connectivity index is 0. The van der Waals surface area contributed by atoms with Crippen LogP contribution in [0.5, 0.6) is 5.75 Å². The summed E-state index contributed by atoms with van der Waals surface area (Å²) in [7, 11) is 0. The Morgan fingerprint density at radius 2 is 1.74 bits per heavy atom. The Bertz CT molecular complexity index is 385. The fourth-order valence-corrected chi connectivity index (χ4v) is 1.29. The van der Waals surface area contributed by atoms with Crippen molar-refractivity contribution in [2.45, 2.75) is 35.6 Å². The van der Waals surface area contributed by atoms with E-state index in [1.54, 1.807) is 24.3 Å². The van der Waals surface area contributed by atoms with Crippen LogP contribution in [0, 0.1) is 5.41 Å². The van der Waals surface area contributed by atoms with E-state index >= 15 is 0 Å². The lowest BCUT2D eigenvalue weighted by atomic mass is 9.86. The molecule has 0 unspecified atom stereocenters. The second kappa shape index (κ2) is 8.35. The predicted molar refractivity (Wildman–Crippen MR) is 80.5 cm³/mol. The van der Waals surface area contributed by atoms with Gasteiger partial charge in [0.15, 0.2) is 5.78 Å². The molecule has 0 aliphatic heterocycles. The van der Waals surface area contributed by atoms with Gasteiger partial charge in [-0.2, -0.15) is 0 Å². The number of carbonyl (C=O) groups excluding carboxylic acids is 1. The molecule has 0 radical (unpaired) electrons. The third kappa shape index (κ3) is 6.09. The van der Waals surface area contributed by atoms with Crippen molar-refractivity contribution in [1.82, 2.24) is 0 Å². The van der Waals surface area contributed by atoms with Crippen LogP contribution in [-0.2, 0) is 4.74 Å². The highest BCUT2D eigenvalue weighted by molar-refractivity contribution is 5.99. The van der Waals surface area contributed by atoms with Gasteiger partial charge in [-0.25, -0.2) is 0 Å². The van der Waals surface area contributed by atoms with Crippen molar-refractivity contribution in [2.75, 3.05) is 6.79 Å². The third-order valence-electron chi connectivity index (χ3n) is 2.21. The number of benzene rings is 1. The highest BCUT2D eigenvalue weighted by Crippen LogP contribution is 2.22. The molecule has 3 heteroatoms. The van der Waals surface area contributed by atoms with Crippen LogP contribution in [0.15, 0.2) is 37.1 Å². The smallest absolute Gasteiger partial charge is 0.229 e. The molecule has 1 rings (SSSR count). The zero-order valence-electron chi connectivity index (χ0n) is 10.5. The van der Waals surface area contributed by atoms with Gasteiger partial charge >= 0.3 is 0 Å². The van der Waals surface area contributed by atoms with Crippen molar-refractivity contribution < 1.29 is 14.3 Å². The molecule has 19 heavy (non-hydrogen) atoms. The Kier molecular flexibility index (Phi) is 8.60. The number of Topliss-reactive ketones (excluding diaryl/α,β-unsaturated/α-hetero) is 1. The SMILES string of the molecule is C.C.C=COCOc1ccc(C(=O)C(C)(C)C)cc1. The van der Waals surface area contributed by atoms with Crippen LogP contribution in [0.4, 0.5) is 0 Å². The number of ether oxygens (including phenoxy) is 2. The van der Waals surface area contributed by atoms with Crippen molar-refractivity contribution in [3.63, 3.8) is 0 Å². The lowest BCUT2D eigenvalue weighted by Gasteiger charge is -2.16. The first-order chi connectivity index (χ1) is 7.95. The quantitative estimate of drug-likeness (QED) is 0.336. The number of rotatable bonds is 5. The zero-order valence-corrected chi connectivity index (χ0v) is 10.5. The summed E-state index contributed by atoms with van der Waals surface area (Å²) in [5, 5.41) is 0. The van der Waals surface area contributed by atoms with Crippen LogP contribution in [0.25, 0.3) is 0 Å². The normalized spacial score (nSPS) is 9.63. The van der Waals surface area contributed by atoms with E-state index < -0.39 is 0 Å². The average Bonchev–Trinajstić information content (AvgIpc) is 2.28. The summed E-state index contributed by atoms with van der Waals surface area (Å²) < 4.78 is 10.1. The van der Waals surface area contributed by atoms with Gasteiger partial charge in [-0.1, -0.05) is 42.2 Å². The van der Waals surface area contributed by atoms with E-state index in [1.165, 1.54) is 6.26 Å². The molecule has 0 bridgehead atoms. The van der Waals surface area contributed by atoms with Gasteiger partial charge in [0.25, 0.3) is 0 Å². The molecule has 0 saturated carbocycles. The molecule has 0 spiro atoms. The van der Waals surface area contributed by atoms with Gasteiger partial charge in [0, 0.05) is 11.0 Å².